The van der Waals surface area contributed by atoms with Crippen LogP contribution in [0.4, 0.5) is 17.1 Å². The largest absolute Gasteiger partial charge is 0.497 e. The van der Waals surface area contributed by atoms with E-state index >= 15 is 4.79 Å². The molecule has 3 heterocycles. The summed E-state index contributed by atoms with van der Waals surface area (Å²) in [6, 6.07) is 39.0. The molecule has 0 unspecified atom stereocenters. The molecule has 1 saturated heterocycles. The maximum absolute atomic E-state index is 15.4. The maximum Gasteiger partial charge on any atom is 0.269 e. The number of anilines is 3. The molecule has 10 nitrogen and oxygen atoms in total. The number of hydrogen-bond acceptors (Lipinski definition) is 7. The van der Waals surface area contributed by atoms with Crippen molar-refractivity contribution in [2.75, 3.05) is 36.7 Å². The van der Waals surface area contributed by atoms with Gasteiger partial charge in [0.25, 0.3) is 11.8 Å². The van der Waals surface area contributed by atoms with E-state index in [1.807, 2.05) is 109 Å². The number of aliphatic hydroxyl groups excluding tert-OH is 1. The summed E-state index contributed by atoms with van der Waals surface area (Å²) in [5, 5.41) is 11.2. The highest BCUT2D eigenvalue weighted by molar-refractivity contribution is 9.10. The first kappa shape index (κ1) is 40.5. The molecule has 12 heteroatoms. The Hall–Kier alpha value is -5.27. The van der Waals surface area contributed by atoms with Crippen molar-refractivity contribution in [1.29, 1.82) is 0 Å². The van der Waals surface area contributed by atoms with Crippen LogP contribution in [0.1, 0.15) is 30.0 Å². The Kier molecular flexibility index (Phi) is 11.3. The third-order valence-corrected chi connectivity index (χ3v) is 17.2. The summed E-state index contributed by atoms with van der Waals surface area (Å²) in [4.78, 5) is 48.0. The number of hydrogen-bond donors (Lipinski definition) is 1. The second-order valence-electron chi connectivity index (χ2n) is 16.1. The first-order valence-corrected chi connectivity index (χ1v) is 23.8. The number of rotatable bonds is 12. The number of aliphatic hydroxyl groups is 1. The molecule has 1 fully saturated rings. The Morgan fingerprint density at radius 1 is 0.915 bits per heavy atom. The predicted octanol–water partition coefficient (Wildman–Crippen LogP) is 7.69. The van der Waals surface area contributed by atoms with Crippen molar-refractivity contribution >= 4 is 64.0 Å². The van der Waals surface area contributed by atoms with Crippen LogP contribution < -0.4 is 24.5 Å². The Bertz CT molecular complexity index is 2360. The smallest absolute Gasteiger partial charge is 0.269 e. The molecule has 1 N–H and O–H groups in total. The quantitative estimate of drug-likeness (QED) is 0.128. The van der Waals surface area contributed by atoms with Crippen LogP contribution in [0, 0.1) is 5.92 Å². The Labute approximate surface area is 354 Å². The zero-order chi connectivity index (χ0) is 41.5. The van der Waals surface area contributed by atoms with Gasteiger partial charge in [-0.25, -0.2) is 0 Å². The number of ether oxygens (including phenoxy) is 3. The summed E-state index contributed by atoms with van der Waals surface area (Å²) in [5.74, 6) is 0.614. The van der Waals surface area contributed by atoms with E-state index in [1.54, 1.807) is 21.8 Å². The maximum atomic E-state index is 15.4. The minimum absolute atomic E-state index is 0.0497. The van der Waals surface area contributed by atoms with Gasteiger partial charge >= 0.3 is 0 Å². The van der Waals surface area contributed by atoms with Crippen LogP contribution >= 0.6 is 15.9 Å². The van der Waals surface area contributed by atoms with Crippen molar-refractivity contribution in [2.45, 2.75) is 56.8 Å². The monoisotopic (exact) mass is 873 g/mol. The summed E-state index contributed by atoms with van der Waals surface area (Å²) in [5.41, 5.74) is 3.24. The molecule has 4 atom stereocenters. The van der Waals surface area contributed by atoms with Crippen molar-refractivity contribution in [3.05, 3.63) is 142 Å². The van der Waals surface area contributed by atoms with Crippen molar-refractivity contribution in [3.8, 4) is 11.5 Å². The molecule has 3 aliphatic rings. The average molecular weight is 875 g/mol. The second-order valence-corrected chi connectivity index (χ2v) is 21.7. The van der Waals surface area contributed by atoms with Gasteiger partial charge in [0, 0.05) is 34.7 Å². The molecule has 5 aromatic carbocycles. The molecule has 3 aliphatic heterocycles. The molecule has 0 saturated carbocycles. The number of halogens is 1. The molecule has 0 radical (unpaired) electrons. The molecule has 0 aliphatic carbocycles. The van der Waals surface area contributed by atoms with Gasteiger partial charge in [0.1, 0.15) is 11.5 Å². The van der Waals surface area contributed by atoms with E-state index in [2.05, 4.69) is 48.1 Å². The van der Waals surface area contributed by atoms with Crippen molar-refractivity contribution in [3.63, 3.8) is 0 Å². The lowest BCUT2D eigenvalue weighted by atomic mass is 9.82. The third-order valence-electron chi connectivity index (χ3n) is 12.4. The van der Waals surface area contributed by atoms with Crippen LogP contribution in [-0.4, -0.2) is 68.8 Å². The lowest BCUT2D eigenvalue weighted by Crippen LogP contribution is -2.52. The molecular weight excluding hydrogens is 827 g/mol. The van der Waals surface area contributed by atoms with Gasteiger partial charge in [0.2, 0.25) is 5.91 Å². The molecule has 3 amide bonds. The first-order valence-electron chi connectivity index (χ1n) is 20.0. The zero-order valence-corrected chi connectivity index (χ0v) is 36.2. The number of benzene rings is 5. The highest BCUT2D eigenvalue weighted by atomic mass is 79.9. The number of amides is 3. The molecular formula is C47H48BrN3O7Si. The molecule has 1 spiro atoms. The van der Waals surface area contributed by atoms with E-state index in [0.29, 0.717) is 23.7 Å². The number of carbonyl (C=O) groups excluding carboxylic acids is 3. The summed E-state index contributed by atoms with van der Waals surface area (Å²) >= 11 is 3.70. The van der Waals surface area contributed by atoms with Crippen LogP contribution in [-0.2, 0) is 37.8 Å². The lowest BCUT2D eigenvalue weighted by Gasteiger charge is -2.37. The van der Waals surface area contributed by atoms with E-state index < -0.39 is 19.8 Å². The van der Waals surface area contributed by atoms with E-state index in [-0.39, 0.29) is 61.9 Å². The molecule has 5 aromatic rings. The average Bonchev–Trinajstić information content (AvgIpc) is 3.66. The number of methoxy groups -OCH3 is 1. The highest BCUT2D eigenvalue weighted by Gasteiger charge is 2.66. The fraction of sp³-hybridized carbons (Fsp3) is 0.298. The van der Waals surface area contributed by atoms with Crippen molar-refractivity contribution < 1.29 is 33.7 Å². The third kappa shape index (κ3) is 7.37. The van der Waals surface area contributed by atoms with Gasteiger partial charge in [-0.2, -0.15) is 0 Å². The lowest BCUT2D eigenvalue weighted by molar-refractivity contribution is -0.150. The summed E-state index contributed by atoms with van der Waals surface area (Å²) in [6.07, 6.45) is -0.542. The van der Waals surface area contributed by atoms with Gasteiger partial charge in [-0.15, -0.1) is 0 Å². The summed E-state index contributed by atoms with van der Waals surface area (Å²) in [7, 11) is -0.887. The van der Waals surface area contributed by atoms with Gasteiger partial charge in [-0.1, -0.05) is 108 Å². The van der Waals surface area contributed by atoms with E-state index in [9.17, 15) is 14.7 Å². The first-order chi connectivity index (χ1) is 28.5. The van der Waals surface area contributed by atoms with Crippen LogP contribution in [0.15, 0.2) is 126 Å². The topological polar surface area (TPSA) is 109 Å². The van der Waals surface area contributed by atoms with Crippen molar-refractivity contribution in [1.82, 2.24) is 4.90 Å². The minimum atomic E-state index is -2.53. The van der Waals surface area contributed by atoms with Gasteiger partial charge < -0.3 is 29.1 Å². The Morgan fingerprint density at radius 3 is 2.34 bits per heavy atom. The van der Waals surface area contributed by atoms with E-state index in [4.69, 9.17) is 14.2 Å². The number of fused-ring (bicyclic) bond motifs is 3. The standard InChI is InChI=1S/C47H48BrN3O7Si/c1-31-45(59(3,4)37-21-19-36(56-2)20-22-37)42(27-43(53)49(24-25-52)28-32-10-6-5-7-11-32)58-47(31)38-26-34(48)16-23-39(38)50(46(47)55)29-33-14-17-35(18-15-33)51-40-12-8-9-13-41(40)57-30-44(51)54/h5-23,26,31,42,45,52H,24-25,27-30H2,1-4H3/t31-,42+,45-,47+/m0/s1. The number of carbonyl (C=O) groups is 3. The fourth-order valence-corrected chi connectivity index (χ4v) is 13.9. The van der Waals surface area contributed by atoms with Gasteiger partial charge in [-0.3, -0.25) is 19.3 Å². The van der Waals surface area contributed by atoms with Crippen LogP contribution in [0.25, 0.3) is 0 Å². The van der Waals surface area contributed by atoms with Crippen LogP contribution in [0.2, 0.25) is 18.6 Å². The zero-order valence-electron chi connectivity index (χ0n) is 33.6. The Morgan fingerprint density at radius 2 is 1.63 bits per heavy atom. The van der Waals surface area contributed by atoms with Gasteiger partial charge in [-0.05, 0) is 71.3 Å². The second kappa shape index (κ2) is 16.4. The predicted molar refractivity (Wildman–Crippen MR) is 234 cm³/mol. The van der Waals surface area contributed by atoms with Gasteiger partial charge in [0.05, 0.1) is 52.2 Å². The van der Waals surface area contributed by atoms with Crippen LogP contribution in [0.3, 0.4) is 0 Å². The molecule has 0 bridgehead atoms. The SMILES string of the molecule is COc1ccc([Si](C)(C)[C@@H]2[C@@H](CC(=O)N(CCO)Cc3ccccc3)O[C@]3(C(=O)N(Cc4ccc(N5C(=O)COc6ccccc65)cc4)c4ccc(Br)cc43)[C@H]2C)cc1. The minimum Gasteiger partial charge on any atom is -0.497 e. The Balaban J connectivity index is 1.15. The molecule has 59 heavy (non-hydrogen) atoms. The molecule has 8 rings (SSSR count). The number of para-hydroxylation sites is 2. The van der Waals surface area contributed by atoms with E-state index in [1.165, 1.54) is 5.19 Å². The normalized spacial score (nSPS) is 21.0. The van der Waals surface area contributed by atoms with E-state index in [0.717, 1.165) is 32.6 Å². The molecule has 0 aromatic heterocycles. The molecule has 304 valence electrons. The van der Waals surface area contributed by atoms with Gasteiger partial charge in [0.15, 0.2) is 12.2 Å². The fourth-order valence-electron chi connectivity index (χ4n) is 9.48. The summed E-state index contributed by atoms with van der Waals surface area (Å²) < 4.78 is 19.3. The number of nitrogens with zero attached hydrogens (tertiary/aromatic N) is 3. The van der Waals surface area contributed by atoms with Crippen LogP contribution in [0.5, 0.6) is 11.5 Å². The van der Waals surface area contributed by atoms with Crippen molar-refractivity contribution in [2.24, 2.45) is 5.92 Å². The highest BCUT2D eigenvalue weighted by Crippen LogP contribution is 2.60. The summed E-state index contributed by atoms with van der Waals surface area (Å²) in [6.45, 7) is 7.28.